The van der Waals surface area contributed by atoms with Gasteiger partial charge in [-0.25, -0.2) is 4.79 Å². The van der Waals surface area contributed by atoms with Gasteiger partial charge in [0, 0.05) is 17.7 Å². The van der Waals surface area contributed by atoms with Crippen molar-refractivity contribution in [3.05, 3.63) is 34.2 Å². The van der Waals surface area contributed by atoms with E-state index in [1.807, 2.05) is 13.0 Å². The molecule has 100 valence electrons. The molecule has 4 heteroatoms. The van der Waals surface area contributed by atoms with E-state index in [-0.39, 0.29) is 11.7 Å². The Bertz CT molecular complexity index is 686. The van der Waals surface area contributed by atoms with Gasteiger partial charge in [0.05, 0.1) is 18.6 Å². The monoisotopic (exact) mass is 260 g/mol. The topological polar surface area (TPSA) is 48.7 Å². The fraction of sp³-hybridized carbons (Fsp3) is 0.400. The van der Waals surface area contributed by atoms with Crippen molar-refractivity contribution in [2.24, 2.45) is 5.92 Å². The first-order chi connectivity index (χ1) is 9.10. The Kier molecular flexibility index (Phi) is 2.73. The van der Waals surface area contributed by atoms with E-state index in [2.05, 4.69) is 6.92 Å². The lowest BCUT2D eigenvalue weighted by atomic mass is 9.91. The van der Waals surface area contributed by atoms with Crippen LogP contribution in [0.3, 0.4) is 0 Å². The molecule has 2 atom stereocenters. The van der Waals surface area contributed by atoms with Crippen LogP contribution in [0.2, 0.25) is 0 Å². The quantitative estimate of drug-likeness (QED) is 0.740. The molecule has 1 aromatic heterocycles. The van der Waals surface area contributed by atoms with Gasteiger partial charge >= 0.3 is 5.63 Å². The van der Waals surface area contributed by atoms with Gasteiger partial charge in [-0.3, -0.25) is 0 Å². The van der Waals surface area contributed by atoms with Gasteiger partial charge in [-0.05, 0) is 25.3 Å². The summed E-state index contributed by atoms with van der Waals surface area (Å²) in [5, 5.41) is 0.811. The second-order valence-corrected chi connectivity index (χ2v) is 5.06. The SMILES string of the molecule is COc1cc2c(c3oc(=O)ccc13)C[C@@H](C)[C@H](C)O2. The first-order valence-corrected chi connectivity index (χ1v) is 6.40. The number of fused-ring (bicyclic) bond motifs is 3. The van der Waals surface area contributed by atoms with Gasteiger partial charge in [0.1, 0.15) is 17.1 Å². The highest BCUT2D eigenvalue weighted by molar-refractivity contribution is 5.88. The molecule has 2 aromatic rings. The van der Waals surface area contributed by atoms with E-state index in [9.17, 15) is 4.79 Å². The predicted molar refractivity (Wildman–Crippen MR) is 72.0 cm³/mol. The van der Waals surface area contributed by atoms with Crippen LogP contribution in [0.4, 0.5) is 0 Å². The number of hydrogen-bond acceptors (Lipinski definition) is 4. The van der Waals surface area contributed by atoms with E-state index in [1.54, 1.807) is 13.2 Å². The largest absolute Gasteiger partial charge is 0.496 e. The van der Waals surface area contributed by atoms with Crippen molar-refractivity contribution in [2.75, 3.05) is 7.11 Å². The number of rotatable bonds is 1. The zero-order valence-corrected chi connectivity index (χ0v) is 11.2. The standard InChI is InChI=1S/C15H16O4/c1-8-6-11-13(18-9(8)2)7-12(17-3)10-4-5-14(16)19-15(10)11/h4-5,7-9H,6H2,1-3H3/t8-,9+/m1/s1. The molecule has 1 aliphatic rings. The summed E-state index contributed by atoms with van der Waals surface area (Å²) in [5.41, 5.74) is 1.19. The van der Waals surface area contributed by atoms with Crippen molar-refractivity contribution >= 4 is 11.0 Å². The van der Waals surface area contributed by atoms with Crippen molar-refractivity contribution in [2.45, 2.75) is 26.4 Å². The normalized spacial score (nSPS) is 21.8. The Morgan fingerprint density at radius 3 is 2.84 bits per heavy atom. The lowest BCUT2D eigenvalue weighted by Gasteiger charge is -2.29. The maximum Gasteiger partial charge on any atom is 0.336 e. The van der Waals surface area contributed by atoms with E-state index in [0.29, 0.717) is 17.3 Å². The number of hydrogen-bond donors (Lipinski definition) is 0. The molecule has 2 heterocycles. The molecule has 0 unspecified atom stereocenters. The Labute approximate surface area is 110 Å². The van der Waals surface area contributed by atoms with Crippen LogP contribution in [0, 0.1) is 5.92 Å². The fourth-order valence-electron chi connectivity index (χ4n) is 2.50. The molecular weight excluding hydrogens is 244 g/mol. The third kappa shape index (κ3) is 1.87. The van der Waals surface area contributed by atoms with Crippen LogP contribution in [-0.4, -0.2) is 13.2 Å². The fourth-order valence-corrected chi connectivity index (χ4v) is 2.50. The lowest BCUT2D eigenvalue weighted by molar-refractivity contribution is 0.139. The molecular formula is C15H16O4. The summed E-state index contributed by atoms with van der Waals surface area (Å²) in [6.07, 6.45) is 0.981. The minimum absolute atomic E-state index is 0.144. The molecule has 0 radical (unpaired) electrons. The van der Waals surface area contributed by atoms with E-state index in [4.69, 9.17) is 13.9 Å². The van der Waals surface area contributed by atoms with E-state index < -0.39 is 0 Å². The summed E-state index contributed by atoms with van der Waals surface area (Å²) in [6, 6.07) is 5.02. The summed E-state index contributed by atoms with van der Waals surface area (Å²) in [5.74, 6) is 1.80. The first kappa shape index (κ1) is 12.1. The molecule has 0 fully saturated rings. The van der Waals surface area contributed by atoms with Crippen molar-refractivity contribution in [3.63, 3.8) is 0 Å². The summed E-state index contributed by atoms with van der Waals surface area (Å²) >= 11 is 0. The van der Waals surface area contributed by atoms with Crippen LogP contribution < -0.4 is 15.1 Å². The molecule has 0 aliphatic carbocycles. The summed E-state index contributed by atoms with van der Waals surface area (Å²) in [6.45, 7) is 4.18. The second-order valence-electron chi connectivity index (χ2n) is 5.06. The van der Waals surface area contributed by atoms with Crippen LogP contribution >= 0.6 is 0 Å². The smallest absolute Gasteiger partial charge is 0.336 e. The van der Waals surface area contributed by atoms with Gasteiger partial charge in [-0.1, -0.05) is 6.92 Å². The second kappa shape index (κ2) is 4.30. The van der Waals surface area contributed by atoms with Crippen molar-refractivity contribution in [3.8, 4) is 11.5 Å². The van der Waals surface area contributed by atoms with Crippen molar-refractivity contribution in [1.29, 1.82) is 0 Å². The average molecular weight is 260 g/mol. The van der Waals surface area contributed by atoms with Crippen LogP contribution in [0.1, 0.15) is 19.4 Å². The molecule has 0 bridgehead atoms. The number of methoxy groups -OCH3 is 1. The minimum atomic E-state index is -0.353. The van der Waals surface area contributed by atoms with Gasteiger partial charge in [0.2, 0.25) is 0 Å². The van der Waals surface area contributed by atoms with Crippen LogP contribution in [-0.2, 0) is 6.42 Å². The molecule has 4 nitrogen and oxygen atoms in total. The molecule has 19 heavy (non-hydrogen) atoms. The highest BCUT2D eigenvalue weighted by atomic mass is 16.5. The molecule has 3 rings (SSSR count). The highest BCUT2D eigenvalue weighted by Crippen LogP contribution is 2.40. The van der Waals surface area contributed by atoms with Crippen LogP contribution in [0.5, 0.6) is 11.5 Å². The van der Waals surface area contributed by atoms with Gasteiger partial charge in [-0.2, -0.15) is 0 Å². The first-order valence-electron chi connectivity index (χ1n) is 6.40. The van der Waals surface area contributed by atoms with Crippen molar-refractivity contribution in [1.82, 2.24) is 0 Å². The zero-order chi connectivity index (χ0) is 13.6. The van der Waals surface area contributed by atoms with Crippen molar-refractivity contribution < 1.29 is 13.9 Å². The van der Waals surface area contributed by atoms with Gasteiger partial charge < -0.3 is 13.9 Å². The van der Waals surface area contributed by atoms with Crippen LogP contribution in [0.25, 0.3) is 11.0 Å². The molecule has 0 saturated carbocycles. The average Bonchev–Trinajstić information content (AvgIpc) is 2.39. The predicted octanol–water partition coefficient (Wildman–Crippen LogP) is 2.76. The molecule has 0 amide bonds. The van der Waals surface area contributed by atoms with E-state index in [1.165, 1.54) is 6.07 Å². The van der Waals surface area contributed by atoms with Crippen LogP contribution in [0.15, 0.2) is 27.4 Å². The van der Waals surface area contributed by atoms with Gasteiger partial charge in [0.15, 0.2) is 0 Å². The van der Waals surface area contributed by atoms with E-state index >= 15 is 0 Å². The minimum Gasteiger partial charge on any atom is -0.496 e. The third-order valence-corrected chi connectivity index (χ3v) is 3.79. The third-order valence-electron chi connectivity index (χ3n) is 3.79. The Hall–Kier alpha value is -1.97. The molecule has 0 N–H and O–H groups in total. The van der Waals surface area contributed by atoms with Gasteiger partial charge in [-0.15, -0.1) is 0 Å². The Morgan fingerprint density at radius 1 is 1.32 bits per heavy atom. The Balaban J connectivity index is 2.33. The maximum atomic E-state index is 11.5. The number of ether oxygens (including phenoxy) is 2. The molecule has 1 aromatic carbocycles. The Morgan fingerprint density at radius 2 is 2.11 bits per heavy atom. The summed E-state index contributed by atoms with van der Waals surface area (Å²) in [4.78, 5) is 11.5. The zero-order valence-electron chi connectivity index (χ0n) is 11.2. The van der Waals surface area contributed by atoms with Gasteiger partial charge in [0.25, 0.3) is 0 Å². The number of benzene rings is 1. The molecule has 0 spiro atoms. The molecule has 1 aliphatic heterocycles. The lowest BCUT2D eigenvalue weighted by Crippen LogP contribution is -2.28. The summed E-state index contributed by atoms with van der Waals surface area (Å²) in [7, 11) is 1.60. The summed E-state index contributed by atoms with van der Waals surface area (Å²) < 4.78 is 16.6. The van der Waals surface area contributed by atoms with E-state index in [0.717, 1.165) is 23.1 Å². The maximum absolute atomic E-state index is 11.5. The molecule has 0 saturated heterocycles. The highest BCUT2D eigenvalue weighted by Gasteiger charge is 2.27.